The van der Waals surface area contributed by atoms with Crippen LogP contribution in [-0.2, 0) is 14.3 Å². The maximum absolute atomic E-state index is 11.6. The Kier molecular flexibility index (Phi) is 5.21. The molecule has 0 radical (unpaired) electrons. The van der Waals surface area contributed by atoms with Crippen LogP contribution in [0.3, 0.4) is 0 Å². The normalized spacial score (nSPS) is 23.1. The maximum atomic E-state index is 11.6. The van der Waals surface area contributed by atoms with E-state index in [1.54, 1.807) is 6.92 Å². The Hall–Kier alpha value is -1.30. The molecule has 0 spiro atoms. The predicted octanol–water partition coefficient (Wildman–Crippen LogP) is 2.48. The van der Waals surface area contributed by atoms with Gasteiger partial charge in [0.15, 0.2) is 0 Å². The Morgan fingerprint density at radius 3 is 2.88 bits per heavy atom. The number of hydrogen-bond acceptors (Lipinski definition) is 3. The summed E-state index contributed by atoms with van der Waals surface area (Å²) in [5.41, 5.74) is -0.133. The van der Waals surface area contributed by atoms with Gasteiger partial charge < -0.3 is 4.74 Å². The Morgan fingerprint density at radius 2 is 2.29 bits per heavy atom. The first kappa shape index (κ1) is 13.8. The molecular formula is C14H20O3. The molecule has 0 heterocycles. The van der Waals surface area contributed by atoms with Crippen LogP contribution in [0.25, 0.3) is 0 Å². The molecule has 0 bridgehead atoms. The van der Waals surface area contributed by atoms with Crippen LogP contribution >= 0.6 is 0 Å². The van der Waals surface area contributed by atoms with Crippen molar-refractivity contribution in [2.45, 2.75) is 52.4 Å². The van der Waals surface area contributed by atoms with Crippen LogP contribution in [0.15, 0.2) is 0 Å². The number of Topliss-reactive ketones (excluding diaryl/α,β-unsaturated/α-hetero) is 1. The minimum absolute atomic E-state index is 0.133. The van der Waals surface area contributed by atoms with Crippen molar-refractivity contribution in [1.29, 1.82) is 0 Å². The highest BCUT2D eigenvalue weighted by atomic mass is 16.5. The van der Waals surface area contributed by atoms with E-state index in [0.717, 1.165) is 32.1 Å². The molecule has 0 aromatic carbocycles. The van der Waals surface area contributed by atoms with E-state index < -0.39 is 5.97 Å². The lowest BCUT2D eigenvalue weighted by Gasteiger charge is -2.20. The van der Waals surface area contributed by atoms with E-state index in [0.29, 0.717) is 18.8 Å². The molecule has 3 heteroatoms. The second-order valence-corrected chi connectivity index (χ2v) is 4.71. The van der Waals surface area contributed by atoms with Gasteiger partial charge in [0.05, 0.1) is 6.61 Å². The topological polar surface area (TPSA) is 43.4 Å². The molecule has 1 fully saturated rings. The predicted molar refractivity (Wildman–Crippen MR) is 65.2 cm³/mol. The van der Waals surface area contributed by atoms with E-state index in [2.05, 4.69) is 11.8 Å². The summed E-state index contributed by atoms with van der Waals surface area (Å²) in [5, 5.41) is 0. The number of unbranched alkanes of at least 4 members (excludes halogenated alkanes) is 1. The Labute approximate surface area is 103 Å². The number of ketones is 1. The van der Waals surface area contributed by atoms with Crippen LogP contribution in [-0.4, -0.2) is 18.4 Å². The third-order valence-corrected chi connectivity index (χ3v) is 3.30. The molecule has 0 aliphatic heterocycles. The lowest BCUT2D eigenvalue weighted by atomic mass is 9.82. The fourth-order valence-corrected chi connectivity index (χ4v) is 2.21. The minimum atomic E-state index is -0.462. The summed E-state index contributed by atoms with van der Waals surface area (Å²) < 4.78 is 4.69. The van der Waals surface area contributed by atoms with Gasteiger partial charge >= 0.3 is 5.97 Å². The third kappa shape index (κ3) is 4.22. The van der Waals surface area contributed by atoms with Crippen molar-refractivity contribution in [1.82, 2.24) is 0 Å². The molecular weight excluding hydrogens is 216 g/mol. The van der Waals surface area contributed by atoms with Gasteiger partial charge in [0.2, 0.25) is 0 Å². The summed E-state index contributed by atoms with van der Waals surface area (Å²) in [6.07, 6.45) is 5.14. The number of carbonyl (C=O) groups excluding carboxylic acids is 2. The molecule has 0 amide bonds. The summed E-state index contributed by atoms with van der Waals surface area (Å²) in [7, 11) is 0. The molecule has 0 N–H and O–H groups in total. The zero-order chi connectivity index (χ0) is 12.7. The zero-order valence-corrected chi connectivity index (χ0v) is 10.7. The highest BCUT2D eigenvalue weighted by Gasteiger charge is 2.36. The summed E-state index contributed by atoms with van der Waals surface area (Å²) in [6, 6.07) is 0. The average molecular weight is 236 g/mol. The number of hydrogen-bond donors (Lipinski definition) is 0. The Balaban J connectivity index is 2.24. The summed E-state index contributed by atoms with van der Waals surface area (Å²) >= 11 is 0. The maximum Gasteiger partial charge on any atom is 0.384 e. The lowest BCUT2D eigenvalue weighted by molar-refractivity contribution is -0.136. The van der Waals surface area contributed by atoms with E-state index >= 15 is 0 Å². The molecule has 3 nitrogen and oxygen atoms in total. The van der Waals surface area contributed by atoms with Gasteiger partial charge in [-0.3, -0.25) is 4.79 Å². The van der Waals surface area contributed by atoms with Gasteiger partial charge in [-0.15, -0.1) is 0 Å². The summed E-state index contributed by atoms with van der Waals surface area (Å²) in [4.78, 5) is 22.6. The fraction of sp³-hybridized carbons (Fsp3) is 0.714. The van der Waals surface area contributed by atoms with E-state index in [9.17, 15) is 9.59 Å². The molecule has 1 aliphatic rings. The van der Waals surface area contributed by atoms with Gasteiger partial charge in [0.1, 0.15) is 5.78 Å². The minimum Gasteiger partial charge on any atom is -0.456 e. The first-order chi connectivity index (χ1) is 8.08. The van der Waals surface area contributed by atoms with Gasteiger partial charge in [-0.25, -0.2) is 4.79 Å². The molecule has 0 saturated heterocycles. The summed E-state index contributed by atoms with van der Waals surface area (Å²) in [5.74, 6) is 5.15. The molecule has 1 atom stereocenters. The van der Waals surface area contributed by atoms with Crippen LogP contribution in [0.1, 0.15) is 52.4 Å². The first-order valence-electron chi connectivity index (χ1n) is 6.27. The highest BCUT2D eigenvalue weighted by molar-refractivity contribution is 5.88. The SMILES string of the molecule is CCOC(=O)C#CCCC[C@]1(C)CCCC1=O. The van der Waals surface area contributed by atoms with E-state index in [-0.39, 0.29) is 5.41 Å². The second kappa shape index (κ2) is 6.44. The van der Waals surface area contributed by atoms with Crippen molar-refractivity contribution in [2.24, 2.45) is 5.41 Å². The van der Waals surface area contributed by atoms with Gasteiger partial charge in [-0.1, -0.05) is 12.8 Å². The van der Waals surface area contributed by atoms with Gasteiger partial charge in [0.25, 0.3) is 0 Å². The molecule has 0 aromatic heterocycles. The van der Waals surface area contributed by atoms with Gasteiger partial charge in [-0.2, -0.15) is 0 Å². The van der Waals surface area contributed by atoms with E-state index in [1.807, 2.05) is 6.92 Å². The monoisotopic (exact) mass is 236 g/mol. The molecule has 0 aromatic rings. The number of rotatable bonds is 4. The standard InChI is InChI=1S/C14H20O3/c1-3-17-13(16)9-5-4-6-10-14(2)11-7-8-12(14)15/h3-4,6-8,10-11H2,1-2H3/t14-/m1/s1. The number of carbonyl (C=O) groups is 2. The highest BCUT2D eigenvalue weighted by Crippen LogP contribution is 2.38. The van der Waals surface area contributed by atoms with Crippen LogP contribution in [0, 0.1) is 17.3 Å². The number of esters is 1. The fourth-order valence-electron chi connectivity index (χ4n) is 2.21. The van der Waals surface area contributed by atoms with Crippen LogP contribution in [0.5, 0.6) is 0 Å². The van der Waals surface area contributed by atoms with Crippen LogP contribution < -0.4 is 0 Å². The summed E-state index contributed by atoms with van der Waals surface area (Å²) in [6.45, 7) is 4.16. The van der Waals surface area contributed by atoms with Crippen LogP contribution in [0.2, 0.25) is 0 Å². The number of ether oxygens (including phenoxy) is 1. The van der Waals surface area contributed by atoms with Crippen molar-refractivity contribution in [2.75, 3.05) is 6.61 Å². The Bertz CT molecular complexity index is 348. The third-order valence-electron chi connectivity index (χ3n) is 3.30. The first-order valence-corrected chi connectivity index (χ1v) is 6.27. The van der Waals surface area contributed by atoms with Crippen molar-refractivity contribution in [3.63, 3.8) is 0 Å². The Morgan fingerprint density at radius 1 is 1.53 bits per heavy atom. The second-order valence-electron chi connectivity index (χ2n) is 4.71. The van der Waals surface area contributed by atoms with Gasteiger partial charge in [0, 0.05) is 24.2 Å². The molecule has 17 heavy (non-hydrogen) atoms. The smallest absolute Gasteiger partial charge is 0.384 e. The molecule has 0 unspecified atom stereocenters. The van der Waals surface area contributed by atoms with Crippen molar-refractivity contribution >= 4 is 11.8 Å². The quantitative estimate of drug-likeness (QED) is 0.326. The van der Waals surface area contributed by atoms with Crippen molar-refractivity contribution in [3.05, 3.63) is 0 Å². The van der Waals surface area contributed by atoms with Crippen molar-refractivity contribution < 1.29 is 14.3 Å². The van der Waals surface area contributed by atoms with E-state index in [1.165, 1.54) is 0 Å². The molecule has 1 rings (SSSR count). The molecule has 1 saturated carbocycles. The van der Waals surface area contributed by atoms with Crippen LogP contribution in [0.4, 0.5) is 0 Å². The van der Waals surface area contributed by atoms with Crippen molar-refractivity contribution in [3.8, 4) is 11.8 Å². The largest absolute Gasteiger partial charge is 0.456 e. The van der Waals surface area contributed by atoms with E-state index in [4.69, 9.17) is 4.74 Å². The lowest BCUT2D eigenvalue weighted by Crippen LogP contribution is -2.21. The average Bonchev–Trinajstić information content (AvgIpc) is 2.59. The zero-order valence-electron chi connectivity index (χ0n) is 10.7. The van der Waals surface area contributed by atoms with Gasteiger partial charge in [-0.05, 0) is 32.6 Å². The molecule has 1 aliphatic carbocycles. The molecule has 94 valence electrons.